The first-order chi connectivity index (χ1) is 8.38. The highest BCUT2D eigenvalue weighted by Gasteiger charge is 2.03. The maximum Gasteiger partial charge on any atom is 0.0435 e. The highest BCUT2D eigenvalue weighted by atomic mass is 16.3. The largest absolute Gasteiger partial charge is 0.396 e. The summed E-state index contributed by atoms with van der Waals surface area (Å²) in [7, 11) is 0. The number of pyridine rings is 1. The van der Waals surface area contributed by atoms with Gasteiger partial charge in [0.25, 0.3) is 0 Å². The molecule has 3 nitrogen and oxygen atoms in total. The molecule has 96 valence electrons. The van der Waals surface area contributed by atoms with Crippen molar-refractivity contribution in [3.8, 4) is 0 Å². The van der Waals surface area contributed by atoms with Gasteiger partial charge in [-0.3, -0.25) is 4.98 Å². The summed E-state index contributed by atoms with van der Waals surface area (Å²) in [5, 5.41) is 17.5. The Morgan fingerprint density at radius 2 is 1.59 bits per heavy atom. The number of aromatic nitrogens is 1. The fourth-order valence-corrected chi connectivity index (χ4v) is 1.93. The molecule has 1 rings (SSSR count). The Hall–Kier alpha value is -0.930. The first-order valence-electron chi connectivity index (χ1n) is 6.53. The van der Waals surface area contributed by atoms with E-state index in [0.717, 1.165) is 44.9 Å². The molecular formula is C14H23NO2. The van der Waals surface area contributed by atoms with Crippen molar-refractivity contribution in [1.82, 2.24) is 4.98 Å². The first kappa shape index (κ1) is 14.1. The molecule has 3 heteroatoms. The summed E-state index contributed by atoms with van der Waals surface area (Å²) >= 11 is 0. The Labute approximate surface area is 104 Å². The summed E-state index contributed by atoms with van der Waals surface area (Å²) in [6, 6.07) is 4.12. The zero-order chi connectivity index (χ0) is 12.3. The van der Waals surface area contributed by atoms with E-state index in [1.54, 1.807) is 0 Å². The van der Waals surface area contributed by atoms with Gasteiger partial charge in [-0.1, -0.05) is 12.5 Å². The summed E-state index contributed by atoms with van der Waals surface area (Å²) in [5.74, 6) is 0. The van der Waals surface area contributed by atoms with Gasteiger partial charge in [0.15, 0.2) is 0 Å². The van der Waals surface area contributed by atoms with Gasteiger partial charge in [0, 0.05) is 25.1 Å². The van der Waals surface area contributed by atoms with E-state index in [4.69, 9.17) is 10.2 Å². The Morgan fingerprint density at radius 1 is 0.882 bits per heavy atom. The minimum Gasteiger partial charge on any atom is -0.396 e. The third-order valence-corrected chi connectivity index (χ3v) is 2.91. The number of aryl methyl sites for hydroxylation is 2. The number of hydrogen-bond donors (Lipinski definition) is 2. The van der Waals surface area contributed by atoms with Crippen LogP contribution in [0.15, 0.2) is 18.3 Å². The molecule has 0 fully saturated rings. The monoisotopic (exact) mass is 237 g/mol. The van der Waals surface area contributed by atoms with Gasteiger partial charge in [-0.05, 0) is 50.2 Å². The predicted octanol–water partition coefficient (Wildman–Crippen LogP) is 2.10. The van der Waals surface area contributed by atoms with Crippen molar-refractivity contribution >= 4 is 0 Å². The smallest absolute Gasteiger partial charge is 0.0435 e. The third-order valence-electron chi connectivity index (χ3n) is 2.91. The van der Waals surface area contributed by atoms with Gasteiger partial charge in [0.05, 0.1) is 0 Å². The van der Waals surface area contributed by atoms with Crippen molar-refractivity contribution in [3.05, 3.63) is 29.6 Å². The fourth-order valence-electron chi connectivity index (χ4n) is 1.93. The topological polar surface area (TPSA) is 53.4 Å². The van der Waals surface area contributed by atoms with E-state index in [1.165, 1.54) is 11.3 Å². The maximum absolute atomic E-state index is 8.77. The van der Waals surface area contributed by atoms with E-state index in [0.29, 0.717) is 0 Å². The van der Waals surface area contributed by atoms with Gasteiger partial charge in [-0.25, -0.2) is 0 Å². The molecule has 0 aliphatic rings. The lowest BCUT2D eigenvalue weighted by Crippen LogP contribution is -1.99. The quantitative estimate of drug-likeness (QED) is 0.647. The molecule has 0 unspecified atom stereocenters. The van der Waals surface area contributed by atoms with Crippen molar-refractivity contribution in [2.75, 3.05) is 13.2 Å². The third kappa shape index (κ3) is 5.80. The number of hydrogen-bond acceptors (Lipinski definition) is 3. The zero-order valence-electron chi connectivity index (χ0n) is 10.4. The number of nitrogens with zero attached hydrogens (tertiary/aromatic N) is 1. The summed E-state index contributed by atoms with van der Waals surface area (Å²) in [4.78, 5) is 4.42. The van der Waals surface area contributed by atoms with E-state index in [2.05, 4.69) is 11.1 Å². The fraction of sp³-hybridized carbons (Fsp3) is 0.643. The maximum atomic E-state index is 8.77. The summed E-state index contributed by atoms with van der Waals surface area (Å²) < 4.78 is 0. The molecule has 1 aromatic rings. The molecule has 0 amide bonds. The molecule has 0 saturated heterocycles. The van der Waals surface area contributed by atoms with Crippen LogP contribution in [0, 0.1) is 0 Å². The number of unbranched alkanes of at least 4 members (excludes halogenated alkanes) is 3. The van der Waals surface area contributed by atoms with Crippen molar-refractivity contribution in [1.29, 1.82) is 0 Å². The van der Waals surface area contributed by atoms with Gasteiger partial charge in [-0.2, -0.15) is 0 Å². The van der Waals surface area contributed by atoms with Crippen LogP contribution in [-0.4, -0.2) is 28.4 Å². The van der Waals surface area contributed by atoms with Crippen LogP contribution in [0.1, 0.15) is 43.4 Å². The first-order valence-corrected chi connectivity index (χ1v) is 6.53. The van der Waals surface area contributed by atoms with Gasteiger partial charge in [-0.15, -0.1) is 0 Å². The molecule has 1 aromatic heterocycles. The molecular weight excluding hydrogens is 214 g/mol. The van der Waals surface area contributed by atoms with E-state index in [-0.39, 0.29) is 13.2 Å². The predicted molar refractivity (Wildman–Crippen MR) is 68.9 cm³/mol. The Morgan fingerprint density at radius 3 is 2.35 bits per heavy atom. The van der Waals surface area contributed by atoms with Crippen molar-refractivity contribution in [2.45, 2.75) is 44.9 Å². The Bertz CT molecular complexity index is 302. The molecule has 0 spiro atoms. The van der Waals surface area contributed by atoms with Gasteiger partial charge in [0.1, 0.15) is 0 Å². The molecule has 0 bridgehead atoms. The summed E-state index contributed by atoms with van der Waals surface area (Å²) in [6.07, 6.45) is 8.75. The minimum absolute atomic E-state index is 0.263. The average Bonchev–Trinajstić information content (AvgIpc) is 2.36. The zero-order valence-corrected chi connectivity index (χ0v) is 10.4. The normalized spacial score (nSPS) is 10.7. The summed E-state index contributed by atoms with van der Waals surface area (Å²) in [5.41, 5.74) is 2.49. The van der Waals surface area contributed by atoms with Crippen LogP contribution in [-0.2, 0) is 12.8 Å². The standard InChI is InChI=1S/C14H23NO2/c16-11-4-1-2-7-13-8-6-10-15-14(13)9-3-5-12-17/h6,8,10,16-17H,1-5,7,9,11-12H2. The van der Waals surface area contributed by atoms with Crippen molar-refractivity contribution < 1.29 is 10.2 Å². The molecule has 0 saturated carbocycles. The lowest BCUT2D eigenvalue weighted by molar-refractivity contribution is 0.283. The number of aliphatic hydroxyl groups is 2. The highest BCUT2D eigenvalue weighted by molar-refractivity contribution is 5.20. The second kappa shape index (κ2) is 9.14. The second-order valence-corrected chi connectivity index (χ2v) is 4.32. The lowest BCUT2D eigenvalue weighted by atomic mass is 10.0. The number of rotatable bonds is 9. The van der Waals surface area contributed by atoms with Gasteiger partial charge < -0.3 is 10.2 Å². The van der Waals surface area contributed by atoms with Crippen LogP contribution in [0.25, 0.3) is 0 Å². The molecule has 0 aromatic carbocycles. The van der Waals surface area contributed by atoms with Crippen LogP contribution in [0.2, 0.25) is 0 Å². The second-order valence-electron chi connectivity index (χ2n) is 4.32. The van der Waals surface area contributed by atoms with Crippen LogP contribution in [0.5, 0.6) is 0 Å². The SMILES string of the molecule is OCCCCCc1cccnc1CCCCO. The minimum atomic E-state index is 0.263. The Balaban J connectivity index is 2.40. The van der Waals surface area contributed by atoms with E-state index < -0.39 is 0 Å². The molecule has 1 heterocycles. The van der Waals surface area contributed by atoms with E-state index in [1.807, 2.05) is 12.3 Å². The van der Waals surface area contributed by atoms with Crippen LogP contribution in [0.4, 0.5) is 0 Å². The van der Waals surface area contributed by atoms with Crippen molar-refractivity contribution in [2.24, 2.45) is 0 Å². The summed E-state index contributed by atoms with van der Waals surface area (Å²) in [6.45, 7) is 0.551. The highest BCUT2D eigenvalue weighted by Crippen LogP contribution is 2.12. The van der Waals surface area contributed by atoms with Gasteiger partial charge in [0.2, 0.25) is 0 Å². The molecule has 2 N–H and O–H groups in total. The van der Waals surface area contributed by atoms with Crippen molar-refractivity contribution in [3.63, 3.8) is 0 Å². The molecule has 0 radical (unpaired) electrons. The molecule has 0 aliphatic heterocycles. The van der Waals surface area contributed by atoms with Gasteiger partial charge >= 0.3 is 0 Å². The molecule has 0 aliphatic carbocycles. The molecule has 17 heavy (non-hydrogen) atoms. The van der Waals surface area contributed by atoms with E-state index in [9.17, 15) is 0 Å². The lowest BCUT2D eigenvalue weighted by Gasteiger charge is -2.07. The number of aliphatic hydroxyl groups excluding tert-OH is 2. The van der Waals surface area contributed by atoms with E-state index >= 15 is 0 Å². The van der Waals surface area contributed by atoms with Crippen LogP contribution < -0.4 is 0 Å². The van der Waals surface area contributed by atoms with Crippen LogP contribution >= 0.6 is 0 Å². The Kier molecular flexibility index (Phi) is 7.60. The molecule has 0 atom stereocenters. The average molecular weight is 237 g/mol. The van der Waals surface area contributed by atoms with Crippen LogP contribution in [0.3, 0.4) is 0 Å².